The summed E-state index contributed by atoms with van der Waals surface area (Å²) in [6, 6.07) is 7.69. The Labute approximate surface area is 223 Å². The summed E-state index contributed by atoms with van der Waals surface area (Å²) in [6.07, 6.45) is 2.29. The highest BCUT2D eigenvalue weighted by atomic mass is 32.2. The molecule has 2 amide bonds. The largest absolute Gasteiger partial charge is 0.497 e. The standard InChI is InChI=1S/C25H29N5O5S2/c1-7-12-30-18(13-16-8-10-17(34-5)11-9-16)27-28-25(30)36-14-19(31)26-22-20(24(33)35-6)15(2)21(37-22)23(32)29(3)4/h7-11H,1,12-14H2,2-6H3,(H,26,31). The Morgan fingerprint density at radius 2 is 1.89 bits per heavy atom. The topological polar surface area (TPSA) is 116 Å². The number of allylic oxidation sites excluding steroid dienone is 1. The number of rotatable bonds is 11. The number of carbonyl (C=O) groups is 3. The predicted octanol–water partition coefficient (Wildman–Crippen LogP) is 3.65. The van der Waals surface area contributed by atoms with Crippen molar-refractivity contribution < 1.29 is 23.9 Å². The fourth-order valence-electron chi connectivity index (χ4n) is 3.44. The van der Waals surface area contributed by atoms with Crippen molar-refractivity contribution in [3.05, 3.63) is 64.3 Å². The third-order valence-corrected chi connectivity index (χ3v) is 7.51. The van der Waals surface area contributed by atoms with Crippen molar-refractivity contribution in [3.8, 4) is 5.75 Å². The second-order valence-corrected chi connectivity index (χ2v) is 10.1. The van der Waals surface area contributed by atoms with Gasteiger partial charge in [-0.05, 0) is 30.2 Å². The number of ether oxygens (including phenoxy) is 2. The second kappa shape index (κ2) is 12.5. The fourth-order valence-corrected chi connectivity index (χ4v) is 5.44. The summed E-state index contributed by atoms with van der Waals surface area (Å²) in [7, 11) is 6.12. The third-order valence-electron chi connectivity index (χ3n) is 5.35. The fraction of sp³-hybridized carbons (Fsp3) is 0.320. The van der Waals surface area contributed by atoms with Gasteiger partial charge in [0.2, 0.25) is 5.91 Å². The van der Waals surface area contributed by atoms with Crippen molar-refractivity contribution in [2.24, 2.45) is 0 Å². The van der Waals surface area contributed by atoms with Gasteiger partial charge in [0.05, 0.1) is 30.4 Å². The molecule has 0 spiro atoms. The molecule has 10 nitrogen and oxygen atoms in total. The summed E-state index contributed by atoms with van der Waals surface area (Å²) in [6.45, 7) is 5.96. The van der Waals surface area contributed by atoms with Gasteiger partial charge in [0.25, 0.3) is 5.91 Å². The molecule has 0 fully saturated rings. The van der Waals surface area contributed by atoms with Crippen LogP contribution in [0.15, 0.2) is 42.1 Å². The van der Waals surface area contributed by atoms with Crippen molar-refractivity contribution in [2.45, 2.75) is 25.0 Å². The first-order valence-corrected chi connectivity index (χ1v) is 13.0. The SMILES string of the molecule is C=CCn1c(Cc2ccc(OC)cc2)nnc1SCC(=O)Nc1sc(C(=O)N(C)C)c(C)c1C(=O)OC. The lowest BCUT2D eigenvalue weighted by Crippen LogP contribution is -2.21. The molecule has 196 valence electrons. The Kier molecular flexibility index (Phi) is 9.48. The monoisotopic (exact) mass is 543 g/mol. The van der Waals surface area contributed by atoms with Gasteiger partial charge < -0.3 is 24.3 Å². The normalized spacial score (nSPS) is 10.6. The molecule has 3 aromatic rings. The van der Waals surface area contributed by atoms with E-state index in [1.807, 2.05) is 28.8 Å². The van der Waals surface area contributed by atoms with E-state index in [0.29, 0.717) is 28.6 Å². The second-order valence-electron chi connectivity index (χ2n) is 8.11. The lowest BCUT2D eigenvalue weighted by atomic mass is 10.1. The van der Waals surface area contributed by atoms with Crippen LogP contribution in [0.4, 0.5) is 5.00 Å². The lowest BCUT2D eigenvalue weighted by molar-refractivity contribution is -0.113. The molecule has 0 atom stereocenters. The van der Waals surface area contributed by atoms with E-state index in [4.69, 9.17) is 9.47 Å². The van der Waals surface area contributed by atoms with Crippen molar-refractivity contribution >= 4 is 45.9 Å². The number of anilines is 1. The minimum Gasteiger partial charge on any atom is -0.497 e. The zero-order valence-electron chi connectivity index (χ0n) is 21.4. The van der Waals surface area contributed by atoms with Gasteiger partial charge in [-0.25, -0.2) is 4.79 Å². The van der Waals surface area contributed by atoms with E-state index in [0.717, 1.165) is 28.5 Å². The maximum absolute atomic E-state index is 12.8. The molecular weight excluding hydrogens is 514 g/mol. The van der Waals surface area contributed by atoms with E-state index in [-0.39, 0.29) is 28.1 Å². The molecule has 1 N–H and O–H groups in total. The molecule has 3 rings (SSSR count). The third kappa shape index (κ3) is 6.57. The number of methoxy groups -OCH3 is 2. The van der Waals surface area contributed by atoms with Crippen molar-refractivity contribution in [1.82, 2.24) is 19.7 Å². The number of esters is 1. The van der Waals surface area contributed by atoms with Crippen LogP contribution in [-0.2, 0) is 22.5 Å². The number of thiophene rings is 1. The molecule has 1 aromatic carbocycles. The summed E-state index contributed by atoms with van der Waals surface area (Å²) in [4.78, 5) is 39.5. The summed E-state index contributed by atoms with van der Waals surface area (Å²) in [5.41, 5.74) is 1.68. The number of hydrogen-bond donors (Lipinski definition) is 1. The first kappa shape index (κ1) is 27.9. The molecule has 0 unspecified atom stereocenters. The number of nitrogens with one attached hydrogen (secondary N) is 1. The average Bonchev–Trinajstić information content (AvgIpc) is 3.42. The van der Waals surface area contributed by atoms with E-state index < -0.39 is 5.97 Å². The van der Waals surface area contributed by atoms with Crippen LogP contribution in [0.3, 0.4) is 0 Å². The van der Waals surface area contributed by atoms with Crippen LogP contribution in [0.1, 0.15) is 37.0 Å². The van der Waals surface area contributed by atoms with Crippen molar-refractivity contribution in [1.29, 1.82) is 0 Å². The summed E-state index contributed by atoms with van der Waals surface area (Å²) in [5.74, 6) is 0.291. The summed E-state index contributed by atoms with van der Waals surface area (Å²) >= 11 is 2.26. The molecular formula is C25H29N5O5S2. The van der Waals surface area contributed by atoms with Gasteiger partial charge >= 0.3 is 5.97 Å². The molecule has 0 bridgehead atoms. The van der Waals surface area contributed by atoms with Crippen LogP contribution in [0, 0.1) is 6.92 Å². The number of thioether (sulfide) groups is 1. The molecule has 37 heavy (non-hydrogen) atoms. The number of nitrogens with zero attached hydrogens (tertiary/aromatic N) is 4. The van der Waals surface area contributed by atoms with Gasteiger partial charge in [0.15, 0.2) is 5.16 Å². The smallest absolute Gasteiger partial charge is 0.341 e. The van der Waals surface area contributed by atoms with Crippen LogP contribution in [-0.4, -0.2) is 71.5 Å². The Balaban J connectivity index is 1.75. The zero-order valence-corrected chi connectivity index (χ0v) is 23.0. The average molecular weight is 544 g/mol. The lowest BCUT2D eigenvalue weighted by Gasteiger charge is -2.09. The Bertz CT molecular complexity index is 1300. The van der Waals surface area contributed by atoms with E-state index in [1.165, 1.54) is 23.8 Å². The highest BCUT2D eigenvalue weighted by Crippen LogP contribution is 2.34. The van der Waals surface area contributed by atoms with Gasteiger partial charge in [0.1, 0.15) is 16.6 Å². The van der Waals surface area contributed by atoms with Gasteiger partial charge in [-0.3, -0.25) is 9.59 Å². The van der Waals surface area contributed by atoms with Crippen molar-refractivity contribution in [3.63, 3.8) is 0 Å². The first-order chi connectivity index (χ1) is 17.7. The maximum Gasteiger partial charge on any atom is 0.341 e. The number of aromatic nitrogens is 3. The summed E-state index contributed by atoms with van der Waals surface area (Å²) in [5, 5.41) is 12.2. The summed E-state index contributed by atoms with van der Waals surface area (Å²) < 4.78 is 12.0. The molecule has 0 aliphatic heterocycles. The predicted molar refractivity (Wildman–Crippen MR) is 144 cm³/mol. The van der Waals surface area contributed by atoms with Crippen LogP contribution in [0.2, 0.25) is 0 Å². The van der Waals surface area contributed by atoms with E-state index >= 15 is 0 Å². The molecule has 12 heteroatoms. The van der Waals surface area contributed by atoms with Gasteiger partial charge in [0, 0.05) is 27.1 Å². The van der Waals surface area contributed by atoms with Crippen molar-refractivity contribution in [2.75, 3.05) is 39.4 Å². The number of carbonyl (C=O) groups excluding carboxylic acids is 3. The highest BCUT2D eigenvalue weighted by molar-refractivity contribution is 7.99. The van der Waals surface area contributed by atoms with Crippen LogP contribution >= 0.6 is 23.1 Å². The van der Waals surface area contributed by atoms with E-state index in [1.54, 1.807) is 34.2 Å². The quantitative estimate of drug-likeness (QED) is 0.221. The van der Waals surface area contributed by atoms with E-state index in [9.17, 15) is 14.4 Å². The molecule has 0 aliphatic rings. The maximum atomic E-state index is 12.8. The van der Waals surface area contributed by atoms with Crippen LogP contribution in [0.5, 0.6) is 5.75 Å². The van der Waals surface area contributed by atoms with E-state index in [2.05, 4.69) is 22.1 Å². The molecule has 2 aromatic heterocycles. The molecule has 0 aliphatic carbocycles. The molecule has 0 saturated carbocycles. The Morgan fingerprint density at radius 3 is 2.49 bits per heavy atom. The highest BCUT2D eigenvalue weighted by Gasteiger charge is 2.27. The van der Waals surface area contributed by atoms with Gasteiger partial charge in [-0.1, -0.05) is 30.0 Å². The van der Waals surface area contributed by atoms with Gasteiger partial charge in [-0.15, -0.1) is 28.1 Å². The van der Waals surface area contributed by atoms with Gasteiger partial charge in [-0.2, -0.15) is 0 Å². The van der Waals surface area contributed by atoms with Crippen LogP contribution < -0.4 is 10.1 Å². The zero-order chi connectivity index (χ0) is 27.1. The number of benzene rings is 1. The molecule has 0 saturated heterocycles. The first-order valence-electron chi connectivity index (χ1n) is 11.2. The Morgan fingerprint density at radius 1 is 1.19 bits per heavy atom. The van der Waals surface area contributed by atoms with Crippen LogP contribution in [0.25, 0.3) is 0 Å². The number of hydrogen-bond acceptors (Lipinski definition) is 9. The molecule has 0 radical (unpaired) electrons. The Hall–Kier alpha value is -3.64. The molecule has 2 heterocycles. The minimum absolute atomic E-state index is 0.0202. The number of amides is 2. The minimum atomic E-state index is -0.622.